The van der Waals surface area contributed by atoms with Gasteiger partial charge in [0.25, 0.3) is 5.91 Å². The molecule has 2 aromatic carbocycles. The smallest absolute Gasteiger partial charge is 0.252 e. The van der Waals surface area contributed by atoms with E-state index in [1.165, 1.54) is 0 Å². The van der Waals surface area contributed by atoms with Crippen LogP contribution in [-0.2, 0) is 0 Å². The molecule has 0 unspecified atom stereocenters. The Morgan fingerprint density at radius 1 is 1.04 bits per heavy atom. The van der Waals surface area contributed by atoms with Crippen molar-refractivity contribution < 1.29 is 14.3 Å². The Morgan fingerprint density at radius 2 is 1.83 bits per heavy atom. The predicted octanol–water partition coefficient (Wildman–Crippen LogP) is 3.05. The van der Waals surface area contributed by atoms with Crippen LogP contribution in [0.5, 0.6) is 11.5 Å². The van der Waals surface area contributed by atoms with Crippen LogP contribution in [0.15, 0.2) is 60.8 Å². The van der Waals surface area contributed by atoms with E-state index in [1.807, 2.05) is 48.5 Å². The van der Waals surface area contributed by atoms with Gasteiger partial charge in [-0.15, -0.1) is 0 Å². The first kappa shape index (κ1) is 15.8. The lowest BCUT2D eigenvalue weighted by Crippen LogP contribution is -2.28. The quantitative estimate of drug-likeness (QED) is 0.709. The highest BCUT2D eigenvalue weighted by molar-refractivity contribution is 6.06. The monoisotopic (exact) mass is 322 g/mol. The van der Waals surface area contributed by atoms with E-state index in [-0.39, 0.29) is 5.91 Å². The number of ether oxygens (including phenoxy) is 2. The maximum absolute atomic E-state index is 12.3. The molecule has 122 valence electrons. The normalized spacial score (nSPS) is 10.4. The Kier molecular flexibility index (Phi) is 4.91. The first-order valence-corrected chi connectivity index (χ1v) is 7.67. The van der Waals surface area contributed by atoms with Crippen molar-refractivity contribution in [3.05, 3.63) is 66.4 Å². The zero-order valence-corrected chi connectivity index (χ0v) is 13.4. The van der Waals surface area contributed by atoms with Gasteiger partial charge >= 0.3 is 0 Å². The van der Waals surface area contributed by atoms with E-state index in [4.69, 9.17) is 9.47 Å². The van der Waals surface area contributed by atoms with Crippen LogP contribution in [0.25, 0.3) is 10.9 Å². The van der Waals surface area contributed by atoms with Gasteiger partial charge in [-0.2, -0.15) is 0 Å². The molecular formula is C19H18N2O3. The van der Waals surface area contributed by atoms with Gasteiger partial charge in [0.05, 0.1) is 19.2 Å². The van der Waals surface area contributed by atoms with Crippen molar-refractivity contribution in [3.8, 4) is 11.5 Å². The summed E-state index contributed by atoms with van der Waals surface area (Å²) in [5.74, 6) is 1.38. The summed E-state index contributed by atoms with van der Waals surface area (Å²) in [6.07, 6.45) is 1.71. The van der Waals surface area contributed by atoms with Crippen molar-refractivity contribution >= 4 is 16.8 Å². The van der Waals surface area contributed by atoms with Crippen LogP contribution in [-0.4, -0.2) is 31.2 Å². The Balaban J connectivity index is 1.55. The molecule has 1 N–H and O–H groups in total. The van der Waals surface area contributed by atoms with Crippen LogP contribution in [0.4, 0.5) is 0 Å². The second-order valence-electron chi connectivity index (χ2n) is 5.16. The van der Waals surface area contributed by atoms with Crippen LogP contribution in [0.2, 0.25) is 0 Å². The minimum atomic E-state index is -0.132. The second kappa shape index (κ2) is 7.46. The summed E-state index contributed by atoms with van der Waals surface area (Å²) in [6.45, 7) is 0.808. The third-order valence-corrected chi connectivity index (χ3v) is 3.61. The van der Waals surface area contributed by atoms with Crippen molar-refractivity contribution in [3.63, 3.8) is 0 Å². The summed E-state index contributed by atoms with van der Waals surface area (Å²) < 4.78 is 10.7. The Bertz CT molecular complexity index is 826. The molecule has 1 amide bonds. The molecule has 0 saturated carbocycles. The van der Waals surface area contributed by atoms with Gasteiger partial charge in [-0.3, -0.25) is 9.78 Å². The van der Waals surface area contributed by atoms with Crippen LogP contribution < -0.4 is 14.8 Å². The average Bonchev–Trinajstić information content (AvgIpc) is 2.65. The number of carbonyl (C=O) groups is 1. The highest BCUT2D eigenvalue weighted by Gasteiger charge is 2.09. The minimum Gasteiger partial charge on any atom is -0.497 e. The first-order chi connectivity index (χ1) is 11.8. The van der Waals surface area contributed by atoms with Crippen molar-refractivity contribution in [2.24, 2.45) is 0 Å². The molecule has 5 heteroatoms. The number of carbonyl (C=O) groups excluding carboxylic acids is 1. The molecule has 0 saturated heterocycles. The molecule has 5 nitrogen and oxygen atoms in total. The zero-order valence-electron chi connectivity index (χ0n) is 13.4. The number of amides is 1. The summed E-state index contributed by atoms with van der Waals surface area (Å²) in [5, 5.41) is 3.71. The molecule has 3 aromatic rings. The van der Waals surface area contributed by atoms with Gasteiger partial charge < -0.3 is 14.8 Å². The number of nitrogens with one attached hydrogen (secondary N) is 1. The lowest BCUT2D eigenvalue weighted by atomic mass is 10.1. The number of methoxy groups -OCH3 is 1. The van der Waals surface area contributed by atoms with E-state index < -0.39 is 0 Å². The summed E-state index contributed by atoms with van der Waals surface area (Å²) in [4.78, 5) is 16.6. The minimum absolute atomic E-state index is 0.132. The number of fused-ring (bicyclic) bond motifs is 1. The van der Waals surface area contributed by atoms with Crippen LogP contribution >= 0.6 is 0 Å². The highest BCUT2D eigenvalue weighted by atomic mass is 16.5. The third-order valence-electron chi connectivity index (χ3n) is 3.61. The van der Waals surface area contributed by atoms with Crippen LogP contribution in [0.3, 0.4) is 0 Å². The van der Waals surface area contributed by atoms with Gasteiger partial charge in [0.2, 0.25) is 0 Å². The Hall–Kier alpha value is -3.08. The SMILES string of the molecule is COc1ccc(OCCNC(=O)c2cccc3ncccc23)cc1. The molecule has 0 atom stereocenters. The van der Waals surface area contributed by atoms with Gasteiger partial charge in [0.15, 0.2) is 0 Å². The fraction of sp³-hybridized carbons (Fsp3) is 0.158. The summed E-state index contributed by atoms with van der Waals surface area (Å²) in [5.41, 5.74) is 1.42. The van der Waals surface area contributed by atoms with Gasteiger partial charge in [0, 0.05) is 17.1 Å². The molecule has 0 aliphatic heterocycles. The fourth-order valence-corrected chi connectivity index (χ4v) is 2.40. The van der Waals surface area contributed by atoms with E-state index in [2.05, 4.69) is 10.3 Å². The largest absolute Gasteiger partial charge is 0.497 e. The van der Waals surface area contributed by atoms with Gasteiger partial charge in [-0.25, -0.2) is 0 Å². The predicted molar refractivity (Wildman–Crippen MR) is 92.6 cm³/mol. The van der Waals surface area contributed by atoms with Gasteiger partial charge in [-0.1, -0.05) is 12.1 Å². The van der Waals surface area contributed by atoms with Crippen molar-refractivity contribution in [2.45, 2.75) is 0 Å². The molecule has 0 bridgehead atoms. The second-order valence-corrected chi connectivity index (χ2v) is 5.16. The summed E-state index contributed by atoms with van der Waals surface area (Å²) in [7, 11) is 1.62. The maximum atomic E-state index is 12.3. The number of rotatable bonds is 6. The van der Waals surface area contributed by atoms with E-state index in [0.717, 1.165) is 22.4 Å². The number of hydrogen-bond donors (Lipinski definition) is 1. The van der Waals surface area contributed by atoms with E-state index in [0.29, 0.717) is 18.7 Å². The number of hydrogen-bond acceptors (Lipinski definition) is 4. The van der Waals surface area contributed by atoms with Crippen molar-refractivity contribution in [1.82, 2.24) is 10.3 Å². The molecule has 0 aliphatic carbocycles. The number of nitrogens with zero attached hydrogens (tertiary/aromatic N) is 1. The maximum Gasteiger partial charge on any atom is 0.252 e. The lowest BCUT2D eigenvalue weighted by molar-refractivity contribution is 0.0948. The average molecular weight is 322 g/mol. The van der Waals surface area contributed by atoms with E-state index in [1.54, 1.807) is 19.4 Å². The summed E-state index contributed by atoms with van der Waals surface area (Å²) >= 11 is 0. The number of benzene rings is 2. The lowest BCUT2D eigenvalue weighted by Gasteiger charge is -2.09. The fourth-order valence-electron chi connectivity index (χ4n) is 2.40. The molecule has 0 aliphatic rings. The molecule has 0 radical (unpaired) electrons. The van der Waals surface area contributed by atoms with Gasteiger partial charge in [0.1, 0.15) is 18.1 Å². The first-order valence-electron chi connectivity index (χ1n) is 7.67. The molecule has 3 rings (SSSR count). The Labute approximate surface area is 140 Å². The van der Waals surface area contributed by atoms with Gasteiger partial charge in [-0.05, 0) is 42.5 Å². The Morgan fingerprint density at radius 3 is 2.62 bits per heavy atom. The molecule has 24 heavy (non-hydrogen) atoms. The highest BCUT2D eigenvalue weighted by Crippen LogP contribution is 2.17. The molecule has 1 aromatic heterocycles. The summed E-state index contributed by atoms with van der Waals surface area (Å²) in [6, 6.07) is 16.6. The van der Waals surface area contributed by atoms with Crippen molar-refractivity contribution in [1.29, 1.82) is 0 Å². The van der Waals surface area contributed by atoms with Crippen molar-refractivity contribution in [2.75, 3.05) is 20.3 Å². The molecule has 0 fully saturated rings. The van der Waals surface area contributed by atoms with E-state index >= 15 is 0 Å². The molecule has 0 spiro atoms. The van der Waals surface area contributed by atoms with Crippen LogP contribution in [0, 0.1) is 0 Å². The van der Waals surface area contributed by atoms with E-state index in [9.17, 15) is 4.79 Å². The molecule has 1 heterocycles. The number of aromatic nitrogens is 1. The van der Waals surface area contributed by atoms with Crippen LogP contribution in [0.1, 0.15) is 10.4 Å². The topological polar surface area (TPSA) is 60.5 Å². The standard InChI is InChI=1S/C19H18N2O3/c1-23-14-7-9-15(10-8-14)24-13-12-21-19(22)17-4-2-6-18-16(17)5-3-11-20-18/h2-11H,12-13H2,1H3,(H,21,22). The zero-order chi connectivity index (χ0) is 16.8. The third kappa shape index (κ3) is 3.63. The molecular weight excluding hydrogens is 304 g/mol. The number of pyridine rings is 1.